The first-order valence-electron chi connectivity index (χ1n) is 4.87. The fourth-order valence-electron chi connectivity index (χ4n) is 1.13. The molecule has 0 aliphatic rings. The summed E-state index contributed by atoms with van der Waals surface area (Å²) < 4.78 is 31.0. The predicted molar refractivity (Wildman–Crippen MR) is 64.1 cm³/mol. The van der Waals surface area contributed by atoms with Crippen LogP contribution in [0.15, 0.2) is 16.3 Å². The molecule has 92 valence electrons. The molecule has 7 heteroatoms. The van der Waals surface area contributed by atoms with E-state index in [-0.39, 0.29) is 6.54 Å². The second-order valence-electron chi connectivity index (χ2n) is 3.15. The van der Waals surface area contributed by atoms with Gasteiger partial charge in [-0.1, -0.05) is 0 Å². The molecule has 16 heavy (non-hydrogen) atoms. The molecule has 0 radical (unpaired) electrons. The third kappa shape index (κ3) is 3.84. The number of ether oxygens (including phenoxy) is 1. The summed E-state index contributed by atoms with van der Waals surface area (Å²) in [7, 11) is -1.86. The quantitative estimate of drug-likeness (QED) is 0.688. The molecule has 3 N–H and O–H groups in total. The van der Waals surface area contributed by atoms with Gasteiger partial charge in [0.05, 0.1) is 6.61 Å². The molecule has 0 saturated carbocycles. The summed E-state index contributed by atoms with van der Waals surface area (Å²) in [6.45, 7) is 1.17. The fraction of sp³-hybridized carbons (Fsp3) is 0.556. The molecular formula is C9H16N2O3S2. The molecule has 0 atom stereocenters. The van der Waals surface area contributed by atoms with Crippen molar-refractivity contribution in [3.8, 4) is 0 Å². The van der Waals surface area contributed by atoms with Gasteiger partial charge in [0, 0.05) is 18.5 Å². The highest BCUT2D eigenvalue weighted by Crippen LogP contribution is 2.21. The first kappa shape index (κ1) is 13.6. The third-order valence-corrected chi connectivity index (χ3v) is 4.99. The lowest BCUT2D eigenvalue weighted by Gasteiger charge is -2.03. The number of rotatable bonds is 7. The topological polar surface area (TPSA) is 81.4 Å². The molecule has 0 fully saturated rings. The van der Waals surface area contributed by atoms with Crippen LogP contribution in [0, 0.1) is 0 Å². The summed E-state index contributed by atoms with van der Waals surface area (Å²) in [6.07, 6.45) is 0.707. The summed E-state index contributed by atoms with van der Waals surface area (Å²) in [4.78, 5) is 0.981. The molecule has 0 unspecified atom stereocenters. The molecule has 1 aromatic heterocycles. The standard InChI is InChI=1S/C9H16N2O3S2/c1-14-7-6-11-16(12,13)9-3-2-8(15-9)4-5-10/h2-3,11H,4-7,10H2,1H3. The van der Waals surface area contributed by atoms with Gasteiger partial charge in [-0.05, 0) is 25.1 Å². The van der Waals surface area contributed by atoms with Crippen LogP contribution < -0.4 is 10.5 Å². The molecule has 0 saturated heterocycles. The van der Waals surface area contributed by atoms with Gasteiger partial charge in [-0.3, -0.25) is 0 Å². The molecule has 0 spiro atoms. The molecule has 1 aromatic rings. The van der Waals surface area contributed by atoms with Crippen LogP contribution in [0.3, 0.4) is 0 Å². The maximum Gasteiger partial charge on any atom is 0.250 e. The van der Waals surface area contributed by atoms with E-state index in [4.69, 9.17) is 10.5 Å². The van der Waals surface area contributed by atoms with E-state index in [1.54, 1.807) is 12.1 Å². The normalized spacial score (nSPS) is 11.9. The van der Waals surface area contributed by atoms with Crippen molar-refractivity contribution in [2.75, 3.05) is 26.8 Å². The van der Waals surface area contributed by atoms with Crippen molar-refractivity contribution in [1.82, 2.24) is 4.72 Å². The van der Waals surface area contributed by atoms with Crippen molar-refractivity contribution in [2.45, 2.75) is 10.6 Å². The Labute approximate surface area is 99.7 Å². The Morgan fingerprint density at radius 3 is 2.88 bits per heavy atom. The van der Waals surface area contributed by atoms with Gasteiger partial charge in [0.15, 0.2) is 0 Å². The highest BCUT2D eigenvalue weighted by atomic mass is 32.2. The zero-order valence-electron chi connectivity index (χ0n) is 9.10. The molecule has 0 aliphatic carbocycles. The number of hydrogen-bond acceptors (Lipinski definition) is 5. The monoisotopic (exact) mass is 264 g/mol. The molecular weight excluding hydrogens is 248 g/mol. The summed E-state index contributed by atoms with van der Waals surface area (Å²) in [5.41, 5.74) is 5.40. The minimum absolute atomic E-state index is 0.281. The number of hydrogen-bond donors (Lipinski definition) is 2. The predicted octanol–water partition coefficient (Wildman–Crippen LogP) is 0.174. The van der Waals surface area contributed by atoms with E-state index in [0.29, 0.717) is 23.8 Å². The Morgan fingerprint density at radius 1 is 1.50 bits per heavy atom. The smallest absolute Gasteiger partial charge is 0.250 e. The van der Waals surface area contributed by atoms with Crippen LogP contribution in [0.1, 0.15) is 4.88 Å². The minimum atomic E-state index is -3.38. The van der Waals surface area contributed by atoms with Gasteiger partial charge in [0.25, 0.3) is 0 Å². The molecule has 1 heterocycles. The lowest BCUT2D eigenvalue weighted by Crippen LogP contribution is -2.26. The van der Waals surface area contributed by atoms with Gasteiger partial charge in [-0.25, -0.2) is 13.1 Å². The Bertz CT molecular complexity index is 414. The van der Waals surface area contributed by atoms with E-state index in [9.17, 15) is 8.42 Å². The van der Waals surface area contributed by atoms with Gasteiger partial charge in [0.2, 0.25) is 10.0 Å². The van der Waals surface area contributed by atoms with Gasteiger partial charge >= 0.3 is 0 Å². The molecule has 1 rings (SSSR count). The Hall–Kier alpha value is -0.470. The molecule has 0 bridgehead atoms. The first-order chi connectivity index (χ1) is 7.60. The summed E-state index contributed by atoms with van der Waals surface area (Å²) >= 11 is 1.25. The molecule has 0 aliphatic heterocycles. The summed E-state index contributed by atoms with van der Waals surface area (Å²) in [5, 5.41) is 0. The highest BCUT2D eigenvalue weighted by Gasteiger charge is 2.15. The van der Waals surface area contributed by atoms with Crippen molar-refractivity contribution in [3.63, 3.8) is 0 Å². The molecule has 0 aromatic carbocycles. The zero-order chi connectivity index (χ0) is 12.0. The summed E-state index contributed by atoms with van der Waals surface area (Å²) in [6, 6.07) is 3.40. The number of nitrogens with two attached hydrogens (primary N) is 1. The van der Waals surface area contributed by atoms with Crippen LogP contribution in [0.4, 0.5) is 0 Å². The van der Waals surface area contributed by atoms with Crippen molar-refractivity contribution in [1.29, 1.82) is 0 Å². The number of sulfonamides is 1. The van der Waals surface area contributed by atoms with Crippen LogP contribution >= 0.6 is 11.3 Å². The van der Waals surface area contributed by atoms with E-state index in [1.807, 2.05) is 0 Å². The Morgan fingerprint density at radius 2 is 2.25 bits per heavy atom. The van der Waals surface area contributed by atoms with Crippen LogP contribution in [0.2, 0.25) is 0 Å². The minimum Gasteiger partial charge on any atom is -0.383 e. The lowest BCUT2D eigenvalue weighted by molar-refractivity contribution is 0.204. The number of methoxy groups -OCH3 is 1. The van der Waals surface area contributed by atoms with Crippen molar-refractivity contribution < 1.29 is 13.2 Å². The van der Waals surface area contributed by atoms with Crippen molar-refractivity contribution >= 4 is 21.4 Å². The summed E-state index contributed by atoms with van der Waals surface area (Å²) in [5.74, 6) is 0. The maximum atomic E-state index is 11.7. The van der Waals surface area contributed by atoms with Crippen molar-refractivity contribution in [3.05, 3.63) is 17.0 Å². The van der Waals surface area contributed by atoms with Crippen LogP contribution in [0.25, 0.3) is 0 Å². The number of thiophene rings is 1. The second-order valence-corrected chi connectivity index (χ2v) is 6.31. The second kappa shape index (κ2) is 6.31. The van der Waals surface area contributed by atoms with Crippen LogP contribution in [-0.2, 0) is 21.2 Å². The van der Waals surface area contributed by atoms with E-state index in [2.05, 4.69) is 4.72 Å². The molecule has 0 amide bonds. The lowest BCUT2D eigenvalue weighted by atomic mass is 10.3. The Balaban J connectivity index is 2.66. The van der Waals surface area contributed by atoms with Gasteiger partial charge in [-0.15, -0.1) is 11.3 Å². The largest absolute Gasteiger partial charge is 0.383 e. The van der Waals surface area contributed by atoms with Gasteiger partial charge in [0.1, 0.15) is 4.21 Å². The first-order valence-corrected chi connectivity index (χ1v) is 7.17. The van der Waals surface area contributed by atoms with Crippen LogP contribution in [-0.4, -0.2) is 35.2 Å². The van der Waals surface area contributed by atoms with Gasteiger partial charge < -0.3 is 10.5 Å². The zero-order valence-corrected chi connectivity index (χ0v) is 10.7. The average Bonchev–Trinajstić information content (AvgIpc) is 2.68. The number of nitrogens with one attached hydrogen (secondary N) is 1. The fourth-order valence-corrected chi connectivity index (χ4v) is 3.56. The van der Waals surface area contributed by atoms with E-state index in [0.717, 1.165) is 4.88 Å². The van der Waals surface area contributed by atoms with E-state index in [1.165, 1.54) is 18.4 Å². The highest BCUT2D eigenvalue weighted by molar-refractivity contribution is 7.91. The van der Waals surface area contributed by atoms with E-state index < -0.39 is 10.0 Å². The Kier molecular flexibility index (Phi) is 5.36. The van der Waals surface area contributed by atoms with E-state index >= 15 is 0 Å². The van der Waals surface area contributed by atoms with Crippen molar-refractivity contribution in [2.24, 2.45) is 5.73 Å². The third-order valence-electron chi connectivity index (χ3n) is 1.89. The SMILES string of the molecule is COCCNS(=O)(=O)c1ccc(CCN)s1. The van der Waals surface area contributed by atoms with Crippen LogP contribution in [0.5, 0.6) is 0 Å². The maximum absolute atomic E-state index is 11.7. The van der Waals surface area contributed by atoms with Gasteiger partial charge in [-0.2, -0.15) is 0 Å². The average molecular weight is 264 g/mol. The molecule has 5 nitrogen and oxygen atoms in total.